The van der Waals surface area contributed by atoms with Gasteiger partial charge in [0.2, 0.25) is 5.88 Å². The smallest absolute Gasteiger partial charge is 0.311 e. The van der Waals surface area contributed by atoms with Crippen LogP contribution in [0.4, 0.5) is 11.5 Å². The summed E-state index contributed by atoms with van der Waals surface area (Å²) >= 11 is 0. The van der Waals surface area contributed by atoms with E-state index in [1.54, 1.807) is 44.5 Å². The van der Waals surface area contributed by atoms with Gasteiger partial charge in [-0.15, -0.1) is 0 Å². The molecule has 2 fully saturated rings. The van der Waals surface area contributed by atoms with E-state index >= 15 is 0 Å². The van der Waals surface area contributed by atoms with E-state index in [1.165, 1.54) is 0 Å². The molecule has 1 atom stereocenters. The minimum Gasteiger partial charge on any atom is -0.497 e. The molecule has 0 bridgehead atoms. The highest BCUT2D eigenvalue weighted by Gasteiger charge is 2.34. The molecule has 1 aliphatic carbocycles. The number of amides is 1. The van der Waals surface area contributed by atoms with Crippen LogP contribution in [0.3, 0.4) is 0 Å². The van der Waals surface area contributed by atoms with Crippen LogP contribution in [0.1, 0.15) is 79.9 Å². The van der Waals surface area contributed by atoms with Crippen LogP contribution in [0.25, 0.3) is 0 Å². The lowest BCUT2D eigenvalue weighted by Gasteiger charge is -2.34. The van der Waals surface area contributed by atoms with E-state index in [-0.39, 0.29) is 54.0 Å². The Hall–Kier alpha value is -4.67. The maximum atomic E-state index is 13.7. The fourth-order valence-corrected chi connectivity index (χ4v) is 6.00. The van der Waals surface area contributed by atoms with E-state index in [0.717, 1.165) is 36.9 Å². The van der Waals surface area contributed by atoms with Crippen molar-refractivity contribution in [1.82, 2.24) is 9.97 Å². The van der Waals surface area contributed by atoms with Gasteiger partial charge in [-0.2, -0.15) is 0 Å². The number of nitrogens with one attached hydrogen (secondary N) is 1. The standard InChI is InChI=1S/C36H44N4O7/c1-22(2)17-34(43)47-31-10-5-23(3)38-35(31)39-36(44)28-9-8-27(45-4)19-30(28)40-15-12-24(13-16-40)21-46-32-18-26(11-14-37-32)29(20-33(41)42)25-6-7-25/h5,8-11,14,18-19,22,24-25,29H,6-7,12-13,15-17,20-21H2,1-4H3,(H,41,42)(H,38,39,44). The number of aryl methyl sites for hydroxylation is 1. The monoisotopic (exact) mass is 644 g/mol. The average Bonchev–Trinajstić information content (AvgIpc) is 3.89. The number of carboxylic acid groups (broad SMARTS) is 1. The van der Waals surface area contributed by atoms with E-state index in [0.29, 0.717) is 48.5 Å². The van der Waals surface area contributed by atoms with Crippen molar-refractivity contribution in [2.24, 2.45) is 17.8 Å². The van der Waals surface area contributed by atoms with Gasteiger partial charge < -0.3 is 29.5 Å². The molecule has 3 aromatic rings. The number of methoxy groups -OCH3 is 1. The number of carbonyl (C=O) groups excluding carboxylic acids is 2. The van der Waals surface area contributed by atoms with Gasteiger partial charge in [-0.05, 0) is 92.2 Å². The average molecular weight is 645 g/mol. The SMILES string of the molecule is COc1ccc(C(=O)Nc2nc(C)ccc2OC(=O)CC(C)C)c(N2CCC(COc3cc(C(CC(=O)O)C4CC4)ccn3)CC2)c1. The van der Waals surface area contributed by atoms with Crippen molar-refractivity contribution in [3.63, 3.8) is 0 Å². The quantitative estimate of drug-likeness (QED) is 0.193. The summed E-state index contributed by atoms with van der Waals surface area (Å²) in [6.07, 6.45) is 5.87. The first kappa shape index (κ1) is 33.7. The molecule has 1 aromatic carbocycles. The Morgan fingerprint density at radius 3 is 2.47 bits per heavy atom. The number of hydrogen-bond donors (Lipinski definition) is 2. The maximum absolute atomic E-state index is 13.7. The number of aliphatic carboxylic acids is 1. The third kappa shape index (κ3) is 9.21. The van der Waals surface area contributed by atoms with E-state index in [4.69, 9.17) is 14.2 Å². The van der Waals surface area contributed by atoms with Gasteiger partial charge in [0.05, 0.1) is 31.4 Å². The summed E-state index contributed by atoms with van der Waals surface area (Å²) < 4.78 is 17.2. The molecule has 0 radical (unpaired) electrons. The first-order chi connectivity index (χ1) is 22.6. The second-order valence-electron chi connectivity index (χ2n) is 12.9. The predicted molar refractivity (Wildman–Crippen MR) is 177 cm³/mol. The molecule has 5 rings (SSSR count). The molecule has 1 saturated heterocycles. The van der Waals surface area contributed by atoms with E-state index < -0.39 is 5.97 Å². The van der Waals surface area contributed by atoms with Crippen LogP contribution >= 0.6 is 0 Å². The van der Waals surface area contributed by atoms with E-state index in [2.05, 4.69) is 20.2 Å². The topological polar surface area (TPSA) is 140 Å². The summed E-state index contributed by atoms with van der Waals surface area (Å²) in [5, 5.41) is 12.3. The number of carboxylic acids is 1. The third-order valence-corrected chi connectivity index (χ3v) is 8.67. The Bertz CT molecular complexity index is 1580. The zero-order valence-electron chi connectivity index (χ0n) is 27.5. The van der Waals surface area contributed by atoms with Gasteiger partial charge in [0, 0.05) is 43.5 Å². The number of anilines is 2. The number of piperidine rings is 1. The van der Waals surface area contributed by atoms with E-state index in [1.807, 2.05) is 32.0 Å². The first-order valence-electron chi connectivity index (χ1n) is 16.3. The summed E-state index contributed by atoms with van der Waals surface area (Å²) in [6, 6.07) is 12.5. The Morgan fingerprint density at radius 1 is 1.02 bits per heavy atom. The number of esters is 1. The van der Waals surface area contributed by atoms with Crippen molar-refractivity contribution < 1.29 is 33.7 Å². The molecule has 3 heterocycles. The molecule has 0 spiro atoms. The second kappa shape index (κ2) is 15.3. The molecule has 1 saturated carbocycles. The fourth-order valence-electron chi connectivity index (χ4n) is 6.00. The molecule has 2 N–H and O–H groups in total. The summed E-state index contributed by atoms with van der Waals surface area (Å²) in [7, 11) is 1.59. The number of ether oxygens (including phenoxy) is 3. The number of rotatable bonds is 14. The van der Waals surface area contributed by atoms with Crippen LogP contribution in [0.15, 0.2) is 48.7 Å². The normalized spacial score (nSPS) is 15.6. The summed E-state index contributed by atoms with van der Waals surface area (Å²) in [6.45, 7) is 7.59. The Morgan fingerprint density at radius 2 is 1.79 bits per heavy atom. The van der Waals surface area contributed by atoms with Crippen LogP contribution < -0.4 is 24.4 Å². The van der Waals surface area contributed by atoms with Gasteiger partial charge in [0.25, 0.3) is 5.91 Å². The summed E-state index contributed by atoms with van der Waals surface area (Å²) in [5.41, 5.74) is 2.84. The molecule has 1 unspecified atom stereocenters. The second-order valence-corrected chi connectivity index (χ2v) is 12.9. The lowest BCUT2D eigenvalue weighted by Crippen LogP contribution is -2.36. The molecule has 1 aliphatic heterocycles. The Kier molecular flexibility index (Phi) is 11.0. The molecule has 2 aliphatic rings. The highest BCUT2D eigenvalue weighted by Crippen LogP contribution is 2.45. The molecule has 11 nitrogen and oxygen atoms in total. The van der Waals surface area contributed by atoms with Crippen molar-refractivity contribution in [2.45, 2.75) is 65.2 Å². The first-order valence-corrected chi connectivity index (χ1v) is 16.3. The lowest BCUT2D eigenvalue weighted by atomic mass is 9.92. The number of aromatic nitrogens is 2. The minimum absolute atomic E-state index is 0.0106. The van der Waals surface area contributed by atoms with E-state index in [9.17, 15) is 19.5 Å². The fraction of sp³-hybridized carbons (Fsp3) is 0.472. The van der Waals surface area contributed by atoms with Gasteiger partial charge in [0.15, 0.2) is 11.6 Å². The van der Waals surface area contributed by atoms with Crippen LogP contribution in [0, 0.1) is 24.7 Å². The van der Waals surface area contributed by atoms with Crippen molar-refractivity contribution >= 4 is 29.4 Å². The predicted octanol–water partition coefficient (Wildman–Crippen LogP) is 6.26. The number of pyridine rings is 2. The lowest BCUT2D eigenvalue weighted by molar-refractivity contribution is -0.137. The van der Waals surface area contributed by atoms with Crippen LogP contribution in [-0.4, -0.2) is 59.7 Å². The Labute approximate surface area is 275 Å². The van der Waals surface area contributed by atoms with Crippen molar-refractivity contribution in [2.75, 3.05) is 37.0 Å². The number of carbonyl (C=O) groups is 3. The van der Waals surface area contributed by atoms with Crippen molar-refractivity contribution in [3.05, 3.63) is 65.5 Å². The van der Waals surface area contributed by atoms with Gasteiger partial charge in [0.1, 0.15) is 5.75 Å². The van der Waals surface area contributed by atoms with Gasteiger partial charge >= 0.3 is 11.9 Å². The summed E-state index contributed by atoms with van der Waals surface area (Å²) in [5.74, 6) is 0.831. The molecular weight excluding hydrogens is 600 g/mol. The highest BCUT2D eigenvalue weighted by atomic mass is 16.5. The van der Waals surface area contributed by atoms with Gasteiger partial charge in [-0.25, -0.2) is 9.97 Å². The molecule has 47 heavy (non-hydrogen) atoms. The molecular formula is C36H44N4O7. The van der Waals surface area contributed by atoms with Crippen molar-refractivity contribution in [3.8, 4) is 17.4 Å². The zero-order valence-corrected chi connectivity index (χ0v) is 27.5. The number of nitrogens with zero attached hydrogens (tertiary/aromatic N) is 3. The van der Waals surface area contributed by atoms with Crippen LogP contribution in [0.2, 0.25) is 0 Å². The highest BCUT2D eigenvalue weighted by molar-refractivity contribution is 6.08. The Balaban J connectivity index is 1.23. The van der Waals surface area contributed by atoms with Crippen LogP contribution in [0.5, 0.6) is 17.4 Å². The summed E-state index contributed by atoms with van der Waals surface area (Å²) in [4.78, 5) is 48.5. The number of benzene rings is 1. The number of hydrogen-bond acceptors (Lipinski definition) is 9. The van der Waals surface area contributed by atoms with Crippen LogP contribution in [-0.2, 0) is 9.59 Å². The third-order valence-electron chi connectivity index (χ3n) is 8.67. The molecule has 1 amide bonds. The van der Waals surface area contributed by atoms with Crippen molar-refractivity contribution in [1.29, 1.82) is 0 Å². The molecule has 250 valence electrons. The molecule has 11 heteroatoms. The minimum atomic E-state index is -0.788. The largest absolute Gasteiger partial charge is 0.497 e. The zero-order chi connectivity index (χ0) is 33.5. The van der Waals surface area contributed by atoms with Gasteiger partial charge in [-0.3, -0.25) is 14.4 Å². The van der Waals surface area contributed by atoms with Gasteiger partial charge in [-0.1, -0.05) is 13.8 Å². The molecule has 2 aromatic heterocycles. The maximum Gasteiger partial charge on any atom is 0.311 e.